The van der Waals surface area contributed by atoms with Crippen molar-refractivity contribution in [3.8, 4) is 0 Å². The van der Waals surface area contributed by atoms with Gasteiger partial charge in [-0.05, 0) is 35.8 Å². The molecule has 1 rings (SSSR count). The second-order valence-corrected chi connectivity index (χ2v) is 6.32. The van der Waals surface area contributed by atoms with Crippen LogP contribution in [-0.4, -0.2) is 23.2 Å². The monoisotopic (exact) mass is 284 g/mol. The summed E-state index contributed by atoms with van der Waals surface area (Å²) in [5, 5.41) is 3.95. The number of aromatic nitrogens is 1. The van der Waals surface area contributed by atoms with Gasteiger partial charge in [0.2, 0.25) is 5.91 Å². The number of nitrogens with zero attached hydrogens (tertiary/aromatic N) is 1. The molecule has 100 valence electrons. The van der Waals surface area contributed by atoms with E-state index in [0.29, 0.717) is 6.42 Å². The number of unbranched alkanes of at least 4 members (excludes halogenated alkanes) is 1. The number of carbonyl (C=O) groups excluding carboxylic acids is 1. The first-order valence-corrected chi connectivity index (χ1v) is 8.62. The van der Waals surface area contributed by atoms with E-state index >= 15 is 0 Å². The van der Waals surface area contributed by atoms with E-state index < -0.39 is 0 Å². The van der Waals surface area contributed by atoms with E-state index in [2.05, 4.69) is 17.2 Å². The van der Waals surface area contributed by atoms with Crippen LogP contribution >= 0.6 is 21.6 Å². The van der Waals surface area contributed by atoms with Crippen molar-refractivity contribution in [2.75, 3.05) is 12.3 Å². The molecular formula is C13H20N2OS2. The number of carbonyl (C=O) groups is 1. The van der Waals surface area contributed by atoms with Crippen molar-refractivity contribution < 1.29 is 4.79 Å². The quantitative estimate of drug-likeness (QED) is 0.556. The van der Waals surface area contributed by atoms with Gasteiger partial charge in [-0.1, -0.05) is 30.2 Å². The van der Waals surface area contributed by atoms with E-state index in [1.807, 2.05) is 18.2 Å². The second kappa shape index (κ2) is 10.3. The molecule has 0 aromatic carbocycles. The molecule has 18 heavy (non-hydrogen) atoms. The molecule has 1 heterocycles. The molecule has 0 aliphatic rings. The Bertz CT molecular complexity index is 333. The minimum Gasteiger partial charge on any atom is -0.356 e. The Morgan fingerprint density at radius 3 is 3.00 bits per heavy atom. The summed E-state index contributed by atoms with van der Waals surface area (Å²) in [6, 6.07) is 5.89. The van der Waals surface area contributed by atoms with Gasteiger partial charge in [0.05, 0.1) is 0 Å². The average Bonchev–Trinajstić information content (AvgIpc) is 2.40. The molecule has 0 fully saturated rings. The third kappa shape index (κ3) is 7.61. The summed E-state index contributed by atoms with van der Waals surface area (Å²) in [4.78, 5) is 15.6. The average molecular weight is 284 g/mol. The minimum absolute atomic E-state index is 0.173. The molecule has 1 N–H and O–H groups in total. The van der Waals surface area contributed by atoms with Gasteiger partial charge in [0.15, 0.2) is 0 Å². The van der Waals surface area contributed by atoms with Gasteiger partial charge < -0.3 is 5.32 Å². The molecule has 1 amide bonds. The minimum atomic E-state index is 0.173. The molecule has 1 aromatic heterocycles. The van der Waals surface area contributed by atoms with Crippen LogP contribution in [0.25, 0.3) is 0 Å². The van der Waals surface area contributed by atoms with Gasteiger partial charge in [0, 0.05) is 24.9 Å². The number of nitrogens with one attached hydrogen (secondary N) is 1. The molecular weight excluding hydrogens is 264 g/mol. The van der Waals surface area contributed by atoms with E-state index in [4.69, 9.17) is 0 Å². The predicted octanol–water partition coefficient (Wildman–Crippen LogP) is 3.52. The van der Waals surface area contributed by atoms with Crippen molar-refractivity contribution in [1.29, 1.82) is 0 Å². The Morgan fingerprint density at radius 1 is 1.39 bits per heavy atom. The highest BCUT2D eigenvalue weighted by molar-refractivity contribution is 8.76. The maximum absolute atomic E-state index is 11.4. The highest BCUT2D eigenvalue weighted by atomic mass is 33.1. The molecule has 0 saturated heterocycles. The van der Waals surface area contributed by atoms with Crippen LogP contribution in [0.1, 0.15) is 32.6 Å². The van der Waals surface area contributed by atoms with Crippen LogP contribution in [0, 0.1) is 0 Å². The Hall–Kier alpha value is -0.680. The lowest BCUT2D eigenvalue weighted by atomic mass is 10.3. The fourth-order valence-corrected chi connectivity index (χ4v) is 3.25. The van der Waals surface area contributed by atoms with Crippen LogP contribution < -0.4 is 5.32 Å². The van der Waals surface area contributed by atoms with E-state index in [1.165, 1.54) is 0 Å². The predicted molar refractivity (Wildman–Crippen MR) is 79.7 cm³/mol. The summed E-state index contributed by atoms with van der Waals surface area (Å²) in [5.74, 6) is 1.15. The van der Waals surface area contributed by atoms with Gasteiger partial charge in [-0.2, -0.15) is 0 Å². The van der Waals surface area contributed by atoms with Crippen molar-refractivity contribution in [2.24, 2.45) is 0 Å². The van der Waals surface area contributed by atoms with Gasteiger partial charge in [-0.15, -0.1) is 0 Å². The Balaban J connectivity index is 1.97. The lowest BCUT2D eigenvalue weighted by Gasteiger charge is -2.03. The fourth-order valence-electron chi connectivity index (χ4n) is 1.28. The zero-order valence-corrected chi connectivity index (χ0v) is 12.4. The van der Waals surface area contributed by atoms with Crippen molar-refractivity contribution in [3.63, 3.8) is 0 Å². The summed E-state index contributed by atoms with van der Waals surface area (Å²) in [5.41, 5.74) is 0. The van der Waals surface area contributed by atoms with Crippen molar-refractivity contribution in [3.05, 3.63) is 24.4 Å². The molecule has 0 spiro atoms. The van der Waals surface area contributed by atoms with Gasteiger partial charge in [-0.3, -0.25) is 4.79 Å². The van der Waals surface area contributed by atoms with E-state index in [-0.39, 0.29) is 5.91 Å². The van der Waals surface area contributed by atoms with Crippen LogP contribution in [0.2, 0.25) is 0 Å². The summed E-state index contributed by atoms with van der Waals surface area (Å²) in [7, 11) is 3.42. The van der Waals surface area contributed by atoms with E-state index in [0.717, 1.165) is 36.6 Å². The fraction of sp³-hybridized carbons (Fsp3) is 0.538. The number of amides is 1. The smallest absolute Gasteiger partial charge is 0.220 e. The zero-order valence-electron chi connectivity index (χ0n) is 10.7. The molecule has 0 aliphatic heterocycles. The van der Waals surface area contributed by atoms with Gasteiger partial charge in [-0.25, -0.2) is 4.98 Å². The summed E-state index contributed by atoms with van der Waals surface area (Å²) >= 11 is 0. The topological polar surface area (TPSA) is 42.0 Å². The third-order valence-corrected chi connectivity index (χ3v) is 4.62. The lowest BCUT2D eigenvalue weighted by molar-refractivity contribution is -0.121. The maximum atomic E-state index is 11.4. The molecule has 0 aliphatic carbocycles. The molecule has 0 saturated carbocycles. The number of hydrogen-bond donors (Lipinski definition) is 1. The zero-order chi connectivity index (χ0) is 13.1. The molecule has 3 nitrogen and oxygen atoms in total. The maximum Gasteiger partial charge on any atom is 0.220 e. The van der Waals surface area contributed by atoms with Crippen molar-refractivity contribution in [1.82, 2.24) is 10.3 Å². The van der Waals surface area contributed by atoms with E-state index in [1.54, 1.807) is 27.8 Å². The Kier molecular flexibility index (Phi) is 8.77. The van der Waals surface area contributed by atoms with Crippen LogP contribution in [0.4, 0.5) is 0 Å². The van der Waals surface area contributed by atoms with Gasteiger partial charge in [0.1, 0.15) is 5.03 Å². The first-order chi connectivity index (χ1) is 8.83. The van der Waals surface area contributed by atoms with Crippen LogP contribution in [0.5, 0.6) is 0 Å². The molecule has 0 unspecified atom stereocenters. The second-order valence-electron chi connectivity index (χ2n) is 3.88. The molecule has 1 aromatic rings. The first kappa shape index (κ1) is 15.4. The van der Waals surface area contributed by atoms with Gasteiger partial charge >= 0.3 is 0 Å². The highest BCUT2D eigenvalue weighted by Crippen LogP contribution is 2.29. The van der Waals surface area contributed by atoms with Gasteiger partial charge in [0.25, 0.3) is 0 Å². The number of hydrogen-bond acceptors (Lipinski definition) is 4. The Morgan fingerprint density at radius 2 is 2.28 bits per heavy atom. The highest BCUT2D eigenvalue weighted by Gasteiger charge is 2.00. The van der Waals surface area contributed by atoms with Crippen LogP contribution in [0.3, 0.4) is 0 Å². The molecule has 0 radical (unpaired) electrons. The largest absolute Gasteiger partial charge is 0.356 e. The first-order valence-electron chi connectivity index (χ1n) is 6.30. The van der Waals surface area contributed by atoms with Crippen molar-refractivity contribution >= 4 is 27.5 Å². The lowest BCUT2D eigenvalue weighted by Crippen LogP contribution is -2.23. The summed E-state index contributed by atoms with van der Waals surface area (Å²) in [6.45, 7) is 2.93. The van der Waals surface area contributed by atoms with Crippen LogP contribution in [0.15, 0.2) is 29.4 Å². The number of pyridine rings is 1. The molecule has 5 heteroatoms. The van der Waals surface area contributed by atoms with E-state index in [9.17, 15) is 4.79 Å². The third-order valence-electron chi connectivity index (χ3n) is 2.27. The van der Waals surface area contributed by atoms with Crippen molar-refractivity contribution in [2.45, 2.75) is 37.6 Å². The summed E-state index contributed by atoms with van der Waals surface area (Å²) < 4.78 is 0. The Labute approximate surface area is 117 Å². The van der Waals surface area contributed by atoms with Crippen LogP contribution in [-0.2, 0) is 4.79 Å². The molecule has 0 atom stereocenters. The SMILES string of the molecule is CCCCNC(=O)CCCSSc1ccccn1. The normalized spacial score (nSPS) is 10.3. The summed E-state index contributed by atoms with van der Waals surface area (Å²) in [6.07, 6.45) is 5.53. The number of rotatable bonds is 9. The standard InChI is InChI=1S/C13H20N2OS2/c1-2-3-9-14-12(16)7-6-11-17-18-13-8-4-5-10-15-13/h4-5,8,10H,2-3,6-7,9,11H2,1H3,(H,14,16). The molecule has 0 bridgehead atoms.